The van der Waals surface area contributed by atoms with Crippen LogP contribution in [0, 0.1) is 24.7 Å². The Hall–Kier alpha value is -3.66. The number of anilines is 2. The number of pyridine rings is 3. The summed E-state index contributed by atoms with van der Waals surface area (Å²) in [5, 5.41) is 7.66. The molecule has 1 fully saturated rings. The molecule has 7 heteroatoms. The van der Waals surface area contributed by atoms with Gasteiger partial charge in [0.05, 0.1) is 18.4 Å². The predicted octanol–water partition coefficient (Wildman–Crippen LogP) is 3.13. The van der Waals surface area contributed by atoms with Crippen LogP contribution in [-0.2, 0) is 4.79 Å². The minimum absolute atomic E-state index is 0.0188. The number of hydrogen-bond donors (Lipinski definition) is 2. The van der Waals surface area contributed by atoms with Crippen LogP contribution >= 0.6 is 0 Å². The first-order valence-electron chi connectivity index (χ1n) is 9.40. The van der Waals surface area contributed by atoms with Gasteiger partial charge in [0.2, 0.25) is 5.91 Å². The SMILES string of the molecule is CNc1ncc(C#Cc2ccc(OC)c(C)n2)c2cc(NC(=O)C3CC3)ncc12. The molecule has 0 radical (unpaired) electrons. The predicted molar refractivity (Wildman–Crippen MR) is 112 cm³/mol. The number of fused-ring (bicyclic) bond motifs is 1. The van der Waals surface area contributed by atoms with E-state index in [1.54, 1.807) is 26.6 Å². The molecule has 7 nitrogen and oxygen atoms in total. The van der Waals surface area contributed by atoms with Gasteiger partial charge in [-0.25, -0.2) is 15.0 Å². The van der Waals surface area contributed by atoms with Crippen LogP contribution in [0.3, 0.4) is 0 Å². The number of hydrogen-bond acceptors (Lipinski definition) is 6. The Labute approximate surface area is 168 Å². The number of amides is 1. The number of aromatic nitrogens is 3. The maximum Gasteiger partial charge on any atom is 0.228 e. The van der Waals surface area contributed by atoms with Gasteiger partial charge in [-0.2, -0.15) is 0 Å². The number of nitrogens with zero attached hydrogens (tertiary/aromatic N) is 3. The first-order valence-corrected chi connectivity index (χ1v) is 9.40. The van der Waals surface area contributed by atoms with E-state index in [1.165, 1.54) is 0 Å². The number of nitrogens with one attached hydrogen (secondary N) is 2. The molecule has 0 bridgehead atoms. The molecule has 0 saturated heterocycles. The normalized spacial score (nSPS) is 12.8. The Morgan fingerprint density at radius 1 is 1.17 bits per heavy atom. The maximum atomic E-state index is 12.1. The molecule has 0 aromatic carbocycles. The van der Waals surface area contributed by atoms with E-state index in [-0.39, 0.29) is 11.8 Å². The summed E-state index contributed by atoms with van der Waals surface area (Å²) in [6, 6.07) is 5.51. The number of carbonyl (C=O) groups is 1. The second-order valence-corrected chi connectivity index (χ2v) is 6.88. The van der Waals surface area contributed by atoms with Crippen LogP contribution in [0.2, 0.25) is 0 Å². The molecule has 3 heterocycles. The van der Waals surface area contributed by atoms with Gasteiger partial charge in [-0.15, -0.1) is 0 Å². The first kappa shape index (κ1) is 18.7. The summed E-state index contributed by atoms with van der Waals surface area (Å²) in [6.07, 6.45) is 5.30. The average Bonchev–Trinajstić information content (AvgIpc) is 3.57. The third kappa shape index (κ3) is 3.97. The van der Waals surface area contributed by atoms with Gasteiger partial charge in [-0.3, -0.25) is 4.79 Å². The van der Waals surface area contributed by atoms with Gasteiger partial charge < -0.3 is 15.4 Å². The van der Waals surface area contributed by atoms with Crippen LogP contribution in [0.25, 0.3) is 10.8 Å². The van der Waals surface area contributed by atoms with Crippen LogP contribution in [0.15, 0.2) is 30.6 Å². The van der Waals surface area contributed by atoms with Crippen molar-refractivity contribution in [2.24, 2.45) is 5.92 Å². The Bertz CT molecular complexity index is 1160. The highest BCUT2D eigenvalue weighted by Gasteiger charge is 2.29. The molecule has 0 aliphatic heterocycles. The van der Waals surface area contributed by atoms with Gasteiger partial charge in [0.15, 0.2) is 0 Å². The Morgan fingerprint density at radius 2 is 2.00 bits per heavy atom. The average molecular weight is 387 g/mol. The fourth-order valence-electron chi connectivity index (χ4n) is 3.04. The Morgan fingerprint density at radius 3 is 2.69 bits per heavy atom. The van der Waals surface area contributed by atoms with Gasteiger partial charge in [0.1, 0.15) is 23.1 Å². The van der Waals surface area contributed by atoms with Crippen molar-refractivity contribution in [3.8, 4) is 17.6 Å². The Balaban J connectivity index is 1.73. The van der Waals surface area contributed by atoms with Gasteiger partial charge in [0.25, 0.3) is 0 Å². The summed E-state index contributed by atoms with van der Waals surface area (Å²) in [6.45, 7) is 1.88. The zero-order valence-electron chi connectivity index (χ0n) is 16.5. The molecule has 146 valence electrons. The molecule has 4 rings (SSSR count). The molecule has 0 unspecified atom stereocenters. The summed E-state index contributed by atoms with van der Waals surface area (Å²) < 4.78 is 5.24. The number of methoxy groups -OCH3 is 1. The van der Waals surface area contributed by atoms with Crippen molar-refractivity contribution < 1.29 is 9.53 Å². The minimum Gasteiger partial charge on any atom is -0.495 e. The van der Waals surface area contributed by atoms with Crippen molar-refractivity contribution in [1.82, 2.24) is 15.0 Å². The third-order valence-corrected chi connectivity index (χ3v) is 4.79. The molecule has 1 amide bonds. The van der Waals surface area contributed by atoms with E-state index in [9.17, 15) is 4.79 Å². The molecule has 0 spiro atoms. The second-order valence-electron chi connectivity index (χ2n) is 6.88. The van der Waals surface area contributed by atoms with Gasteiger partial charge in [-0.1, -0.05) is 5.92 Å². The van der Waals surface area contributed by atoms with Gasteiger partial charge in [-0.05, 0) is 43.9 Å². The summed E-state index contributed by atoms with van der Waals surface area (Å²) in [4.78, 5) is 25.3. The summed E-state index contributed by atoms with van der Waals surface area (Å²) in [5.74, 6) is 8.32. The van der Waals surface area contributed by atoms with E-state index < -0.39 is 0 Å². The molecule has 2 N–H and O–H groups in total. The van der Waals surface area contributed by atoms with Crippen molar-refractivity contribution in [3.63, 3.8) is 0 Å². The van der Waals surface area contributed by atoms with E-state index in [0.717, 1.165) is 40.6 Å². The molecule has 3 aromatic rings. The topological polar surface area (TPSA) is 89.0 Å². The number of ether oxygens (including phenoxy) is 1. The molecule has 1 aliphatic rings. The van der Waals surface area contributed by atoms with Crippen LogP contribution in [0.4, 0.5) is 11.6 Å². The number of rotatable bonds is 4. The quantitative estimate of drug-likeness (QED) is 0.669. The molecule has 1 saturated carbocycles. The van der Waals surface area contributed by atoms with Crippen molar-refractivity contribution >= 4 is 28.3 Å². The van der Waals surface area contributed by atoms with Crippen molar-refractivity contribution in [2.45, 2.75) is 19.8 Å². The minimum atomic E-state index is 0.0188. The number of aryl methyl sites for hydroxylation is 1. The summed E-state index contributed by atoms with van der Waals surface area (Å²) >= 11 is 0. The van der Waals surface area contributed by atoms with E-state index in [4.69, 9.17) is 4.74 Å². The van der Waals surface area contributed by atoms with Crippen LogP contribution in [0.5, 0.6) is 5.75 Å². The lowest BCUT2D eigenvalue weighted by molar-refractivity contribution is -0.117. The van der Waals surface area contributed by atoms with Crippen molar-refractivity contribution in [3.05, 3.63) is 47.5 Å². The standard InChI is InChI=1S/C22H21N5O2/c1-13-19(29-3)9-8-16(26-13)7-6-15-11-25-21(23-2)18-12-24-20(10-17(15)18)27-22(28)14-4-5-14/h8-12,14H,4-5H2,1-3H3,(H,23,25)(H,24,27,28). The van der Waals surface area contributed by atoms with E-state index in [0.29, 0.717) is 17.3 Å². The summed E-state index contributed by atoms with van der Waals surface area (Å²) in [5.41, 5.74) is 2.16. The highest BCUT2D eigenvalue weighted by Crippen LogP contribution is 2.31. The van der Waals surface area contributed by atoms with E-state index in [1.807, 2.05) is 25.1 Å². The first-order chi connectivity index (χ1) is 14.1. The monoisotopic (exact) mass is 387 g/mol. The van der Waals surface area contributed by atoms with E-state index >= 15 is 0 Å². The largest absolute Gasteiger partial charge is 0.495 e. The molecule has 1 aliphatic carbocycles. The lowest BCUT2D eigenvalue weighted by Crippen LogP contribution is -2.14. The van der Waals surface area contributed by atoms with Crippen LogP contribution in [-0.4, -0.2) is 35.0 Å². The van der Waals surface area contributed by atoms with Crippen LogP contribution < -0.4 is 15.4 Å². The maximum absolute atomic E-state index is 12.1. The van der Waals surface area contributed by atoms with Crippen LogP contribution in [0.1, 0.15) is 29.8 Å². The molecule has 29 heavy (non-hydrogen) atoms. The third-order valence-electron chi connectivity index (χ3n) is 4.79. The Kier molecular flexibility index (Phi) is 5.00. The van der Waals surface area contributed by atoms with Crippen molar-refractivity contribution in [1.29, 1.82) is 0 Å². The lowest BCUT2D eigenvalue weighted by Gasteiger charge is -2.09. The molecular weight excluding hydrogens is 366 g/mol. The zero-order chi connectivity index (χ0) is 20.4. The van der Waals surface area contributed by atoms with E-state index in [2.05, 4.69) is 37.4 Å². The molecular formula is C22H21N5O2. The second kappa shape index (κ2) is 7.76. The highest BCUT2D eigenvalue weighted by atomic mass is 16.5. The fourth-order valence-corrected chi connectivity index (χ4v) is 3.04. The van der Waals surface area contributed by atoms with Gasteiger partial charge >= 0.3 is 0 Å². The number of carbonyl (C=O) groups excluding carboxylic acids is 1. The fraction of sp³-hybridized carbons (Fsp3) is 0.273. The summed E-state index contributed by atoms with van der Waals surface area (Å²) in [7, 11) is 3.42. The van der Waals surface area contributed by atoms with Gasteiger partial charge in [0, 0.05) is 36.1 Å². The molecule has 0 atom stereocenters. The smallest absolute Gasteiger partial charge is 0.228 e. The molecule has 3 aromatic heterocycles. The zero-order valence-corrected chi connectivity index (χ0v) is 16.5. The lowest BCUT2D eigenvalue weighted by atomic mass is 10.1. The highest BCUT2D eigenvalue weighted by molar-refractivity contribution is 5.99. The van der Waals surface area contributed by atoms with Crippen molar-refractivity contribution in [2.75, 3.05) is 24.8 Å².